The van der Waals surface area contributed by atoms with E-state index < -0.39 is 5.91 Å². The first kappa shape index (κ1) is 38.7. The molecule has 9 heteroatoms. The van der Waals surface area contributed by atoms with Gasteiger partial charge in [0.1, 0.15) is 11.5 Å². The first-order valence-corrected chi connectivity index (χ1v) is 18.8. The second-order valence-electron chi connectivity index (χ2n) is 13.9. The summed E-state index contributed by atoms with van der Waals surface area (Å²) in [4.78, 5) is 57.5. The Balaban J connectivity index is 1.14. The van der Waals surface area contributed by atoms with Gasteiger partial charge in [-0.3, -0.25) is 19.2 Å². The number of nitrogens with one attached hydrogen (secondary N) is 1. The largest absolute Gasteiger partial charge is 0.483 e. The van der Waals surface area contributed by atoms with Crippen LogP contribution in [-0.2, 0) is 9.59 Å². The molecule has 1 aliphatic heterocycles. The molecule has 6 rings (SSSR count). The Morgan fingerprint density at radius 3 is 1.93 bits per heavy atom. The van der Waals surface area contributed by atoms with E-state index in [4.69, 9.17) is 9.47 Å². The average Bonchev–Trinajstić information content (AvgIpc) is 3.21. The number of amides is 2. The van der Waals surface area contributed by atoms with Crippen molar-refractivity contribution in [2.24, 2.45) is 0 Å². The van der Waals surface area contributed by atoms with Crippen molar-refractivity contribution in [3.8, 4) is 11.5 Å². The molecule has 55 heavy (non-hydrogen) atoms. The number of aryl methyl sites for hydroxylation is 3. The lowest BCUT2D eigenvalue weighted by Crippen LogP contribution is -2.42. The van der Waals surface area contributed by atoms with Gasteiger partial charge in [0.25, 0.3) is 11.8 Å². The lowest BCUT2D eigenvalue weighted by atomic mass is 9.97. The van der Waals surface area contributed by atoms with Crippen LogP contribution in [0.25, 0.3) is 0 Å². The van der Waals surface area contributed by atoms with E-state index in [2.05, 4.69) is 10.2 Å². The lowest BCUT2D eigenvalue weighted by Gasteiger charge is -2.31. The molecule has 5 aromatic carbocycles. The van der Waals surface area contributed by atoms with Crippen LogP contribution in [0.3, 0.4) is 0 Å². The van der Waals surface area contributed by atoms with Crippen molar-refractivity contribution in [1.82, 2.24) is 4.90 Å². The third-order valence-corrected chi connectivity index (χ3v) is 9.84. The number of ether oxygens (including phenoxy) is 2. The Kier molecular flexibility index (Phi) is 12.9. The number of para-hydroxylation sites is 2. The minimum Gasteiger partial charge on any atom is -0.483 e. The number of piperidine rings is 1. The number of likely N-dealkylation sites (tertiary alicyclic amines) is 1. The summed E-state index contributed by atoms with van der Waals surface area (Å²) in [7, 11) is 0. The van der Waals surface area contributed by atoms with E-state index in [9.17, 15) is 19.2 Å². The van der Waals surface area contributed by atoms with Crippen molar-refractivity contribution >= 4 is 34.8 Å². The monoisotopic (exact) mass is 737 g/mol. The van der Waals surface area contributed by atoms with Crippen molar-refractivity contribution in [3.05, 3.63) is 154 Å². The van der Waals surface area contributed by atoms with Crippen LogP contribution in [0, 0.1) is 20.8 Å². The minimum atomic E-state index is -0.394. The first-order valence-electron chi connectivity index (χ1n) is 18.8. The van der Waals surface area contributed by atoms with Gasteiger partial charge in [-0.05, 0) is 106 Å². The van der Waals surface area contributed by atoms with Crippen LogP contribution in [0.5, 0.6) is 11.5 Å². The van der Waals surface area contributed by atoms with Crippen LogP contribution in [0.1, 0.15) is 67.8 Å². The second kappa shape index (κ2) is 18.3. The number of hydrogen-bond donors (Lipinski definition) is 1. The fourth-order valence-corrected chi connectivity index (χ4v) is 6.81. The number of nitrogens with zero attached hydrogens (tertiary/aromatic N) is 2. The summed E-state index contributed by atoms with van der Waals surface area (Å²) in [6.45, 7) is 8.06. The molecule has 0 aromatic heterocycles. The number of ketones is 2. The highest BCUT2D eigenvalue weighted by molar-refractivity contribution is 6.10. The zero-order valence-electron chi connectivity index (χ0n) is 31.7. The Morgan fingerprint density at radius 2 is 1.24 bits per heavy atom. The standard InChI is InChI=1S/C46H47N3O6/c1-32-29-42(34(3)28-38(32)46(53)36-17-9-5-10-18-36)54-30-43(50)47-39-19-11-12-20-40(39)49(26-25-48-23-13-6-14-24-48)44(51)31-55-41-22-21-37(27-33(41)2)45(52)35-15-7-4-8-16-35/h4-5,7-12,15-22,27-29H,6,13-14,23-26,30-31H2,1-3H3,(H,47,50). The maximum Gasteiger partial charge on any atom is 0.265 e. The predicted octanol–water partition coefficient (Wildman–Crippen LogP) is 7.99. The fourth-order valence-electron chi connectivity index (χ4n) is 6.81. The summed E-state index contributed by atoms with van der Waals surface area (Å²) < 4.78 is 12.0. The maximum absolute atomic E-state index is 14.0. The number of hydrogen-bond acceptors (Lipinski definition) is 7. The van der Waals surface area contributed by atoms with Crippen LogP contribution in [-0.4, -0.2) is 67.7 Å². The zero-order chi connectivity index (χ0) is 38.7. The first-order chi connectivity index (χ1) is 26.7. The molecular weight excluding hydrogens is 691 g/mol. The van der Waals surface area contributed by atoms with Crippen molar-refractivity contribution in [1.29, 1.82) is 0 Å². The predicted molar refractivity (Wildman–Crippen MR) is 216 cm³/mol. The van der Waals surface area contributed by atoms with Gasteiger partial charge in [-0.25, -0.2) is 0 Å². The molecule has 0 spiro atoms. The minimum absolute atomic E-state index is 0.0738. The summed E-state index contributed by atoms with van der Waals surface area (Å²) in [6, 6.07) is 34.2. The molecule has 1 N–H and O–H groups in total. The molecule has 0 aliphatic carbocycles. The normalized spacial score (nSPS) is 12.8. The van der Waals surface area contributed by atoms with Gasteiger partial charge in [-0.1, -0.05) is 79.2 Å². The zero-order valence-corrected chi connectivity index (χ0v) is 31.7. The summed E-state index contributed by atoms with van der Waals surface area (Å²) in [5, 5.41) is 2.95. The van der Waals surface area contributed by atoms with Crippen LogP contribution in [0.2, 0.25) is 0 Å². The highest BCUT2D eigenvalue weighted by Gasteiger charge is 2.23. The molecule has 0 saturated carbocycles. The molecular formula is C46H47N3O6. The van der Waals surface area contributed by atoms with E-state index in [0.717, 1.165) is 42.6 Å². The Bertz CT molecular complexity index is 2140. The number of carbonyl (C=O) groups excluding carboxylic acids is 4. The van der Waals surface area contributed by atoms with Gasteiger partial charge in [-0.15, -0.1) is 0 Å². The molecule has 1 aliphatic rings. The van der Waals surface area contributed by atoms with Crippen molar-refractivity contribution in [2.45, 2.75) is 40.0 Å². The number of benzene rings is 5. The van der Waals surface area contributed by atoms with Crippen molar-refractivity contribution in [2.75, 3.05) is 49.6 Å². The Morgan fingerprint density at radius 1 is 0.618 bits per heavy atom. The van der Waals surface area contributed by atoms with E-state index in [-0.39, 0.29) is 30.7 Å². The quantitative estimate of drug-likeness (QED) is 0.109. The highest BCUT2D eigenvalue weighted by Crippen LogP contribution is 2.29. The Labute approximate surface area is 322 Å². The molecule has 1 saturated heterocycles. The molecule has 5 aromatic rings. The molecule has 2 amide bonds. The van der Waals surface area contributed by atoms with Gasteiger partial charge >= 0.3 is 0 Å². The third-order valence-electron chi connectivity index (χ3n) is 9.84. The summed E-state index contributed by atoms with van der Waals surface area (Å²) in [5.74, 6) is 0.196. The maximum atomic E-state index is 14.0. The Hall–Kier alpha value is -6.06. The molecule has 9 nitrogen and oxygen atoms in total. The molecule has 282 valence electrons. The molecule has 1 fully saturated rings. The van der Waals surface area contributed by atoms with Gasteiger partial charge in [0.15, 0.2) is 24.8 Å². The number of rotatable bonds is 15. The highest BCUT2D eigenvalue weighted by atomic mass is 16.5. The SMILES string of the molecule is Cc1cc(C(=O)c2ccccc2)c(C)cc1OCC(=O)Nc1ccccc1N(CCN1CCCCC1)C(=O)COc1ccc(C(=O)c2ccccc2)cc1C. The van der Waals surface area contributed by atoms with Crippen LogP contribution in [0.15, 0.2) is 115 Å². The van der Waals surface area contributed by atoms with Crippen LogP contribution >= 0.6 is 0 Å². The molecule has 0 unspecified atom stereocenters. The summed E-state index contributed by atoms with van der Waals surface area (Å²) in [5.41, 5.74) is 5.58. The van der Waals surface area contributed by atoms with E-state index in [0.29, 0.717) is 58.2 Å². The van der Waals surface area contributed by atoms with Gasteiger partial charge in [0.2, 0.25) is 0 Å². The lowest BCUT2D eigenvalue weighted by molar-refractivity contribution is -0.121. The molecule has 1 heterocycles. The van der Waals surface area contributed by atoms with Crippen LogP contribution in [0.4, 0.5) is 11.4 Å². The second-order valence-corrected chi connectivity index (χ2v) is 13.9. The van der Waals surface area contributed by atoms with Crippen molar-refractivity contribution < 1.29 is 28.7 Å². The third kappa shape index (κ3) is 9.93. The van der Waals surface area contributed by atoms with Gasteiger partial charge < -0.3 is 24.6 Å². The van der Waals surface area contributed by atoms with Crippen molar-refractivity contribution in [3.63, 3.8) is 0 Å². The summed E-state index contributed by atoms with van der Waals surface area (Å²) >= 11 is 0. The molecule has 0 radical (unpaired) electrons. The fraction of sp³-hybridized carbons (Fsp3) is 0.261. The van der Waals surface area contributed by atoms with E-state index in [1.807, 2.05) is 69.3 Å². The van der Waals surface area contributed by atoms with E-state index in [1.54, 1.807) is 71.6 Å². The van der Waals surface area contributed by atoms with E-state index >= 15 is 0 Å². The molecule has 0 bridgehead atoms. The van der Waals surface area contributed by atoms with Gasteiger partial charge in [0, 0.05) is 35.3 Å². The average molecular weight is 738 g/mol. The summed E-state index contributed by atoms with van der Waals surface area (Å²) in [6.07, 6.45) is 3.45. The van der Waals surface area contributed by atoms with Gasteiger partial charge in [-0.2, -0.15) is 0 Å². The van der Waals surface area contributed by atoms with Crippen LogP contribution < -0.4 is 19.7 Å². The molecule has 0 atom stereocenters. The smallest absolute Gasteiger partial charge is 0.265 e. The topological polar surface area (TPSA) is 105 Å². The van der Waals surface area contributed by atoms with Gasteiger partial charge in [0.05, 0.1) is 11.4 Å². The number of carbonyl (C=O) groups is 4. The number of anilines is 2. The van der Waals surface area contributed by atoms with E-state index in [1.165, 1.54) is 6.42 Å².